The van der Waals surface area contributed by atoms with Crippen LogP contribution in [0.3, 0.4) is 0 Å². The molecule has 2 aromatic heterocycles. The van der Waals surface area contributed by atoms with Crippen molar-refractivity contribution in [1.82, 2.24) is 20.4 Å². The highest BCUT2D eigenvalue weighted by Gasteiger charge is 2.13. The lowest BCUT2D eigenvalue weighted by atomic mass is 10.2. The predicted octanol–water partition coefficient (Wildman–Crippen LogP) is 2.86. The lowest BCUT2D eigenvalue weighted by molar-refractivity contribution is -0.114. The van der Waals surface area contributed by atoms with Crippen LogP contribution in [0.1, 0.15) is 12.8 Å². The van der Waals surface area contributed by atoms with Crippen molar-refractivity contribution in [3.63, 3.8) is 0 Å². The molecule has 0 saturated heterocycles. The Labute approximate surface area is 157 Å². The summed E-state index contributed by atoms with van der Waals surface area (Å²) in [6.07, 6.45) is 0. The fraction of sp³-hybridized carbons (Fsp3) is 0.267. The van der Waals surface area contributed by atoms with E-state index in [4.69, 9.17) is 13.9 Å². The molecule has 0 spiro atoms. The van der Waals surface area contributed by atoms with Gasteiger partial charge in [-0.05, 0) is 18.2 Å². The SMILES string of the molecule is COc1ccc(-c2nnc(CSc3nnc(NC(C)=O)s3)o2)cc1OC. The third-order valence-electron chi connectivity index (χ3n) is 3.11. The number of rotatable bonds is 7. The average Bonchev–Trinajstić information content (AvgIpc) is 3.28. The standard InChI is InChI=1S/C15H15N5O4S2/c1-8(21)16-14-19-20-15(26-14)25-7-12-17-18-13(24-12)9-4-5-10(22-2)11(6-9)23-3/h4-6H,7H2,1-3H3,(H,16,19,21). The monoisotopic (exact) mass is 393 g/mol. The summed E-state index contributed by atoms with van der Waals surface area (Å²) in [4.78, 5) is 11.0. The molecule has 0 radical (unpaired) electrons. The molecule has 9 nitrogen and oxygen atoms in total. The zero-order valence-electron chi connectivity index (χ0n) is 14.2. The highest BCUT2D eigenvalue weighted by molar-refractivity contribution is 8.00. The van der Waals surface area contributed by atoms with Gasteiger partial charge in [0.25, 0.3) is 0 Å². The van der Waals surface area contributed by atoms with E-state index in [1.54, 1.807) is 26.4 Å². The van der Waals surface area contributed by atoms with Crippen LogP contribution in [0.15, 0.2) is 27.0 Å². The molecule has 0 saturated carbocycles. The fourth-order valence-corrected chi connectivity index (χ4v) is 3.63. The minimum absolute atomic E-state index is 0.186. The van der Waals surface area contributed by atoms with Crippen LogP contribution in [0.25, 0.3) is 11.5 Å². The first kappa shape index (κ1) is 18.1. The number of carbonyl (C=O) groups is 1. The molecule has 2 heterocycles. The lowest BCUT2D eigenvalue weighted by Gasteiger charge is -2.07. The summed E-state index contributed by atoms with van der Waals surface area (Å²) in [6, 6.07) is 5.36. The van der Waals surface area contributed by atoms with Crippen molar-refractivity contribution < 1.29 is 18.7 Å². The average molecular weight is 393 g/mol. The molecule has 0 aliphatic rings. The number of thioether (sulfide) groups is 1. The van der Waals surface area contributed by atoms with Crippen LogP contribution in [0, 0.1) is 0 Å². The maximum atomic E-state index is 11.0. The van der Waals surface area contributed by atoms with Gasteiger partial charge in [-0.15, -0.1) is 20.4 Å². The first-order chi connectivity index (χ1) is 12.6. The number of nitrogens with zero attached hydrogens (tertiary/aromatic N) is 4. The molecule has 3 rings (SSSR count). The van der Waals surface area contributed by atoms with Gasteiger partial charge in [-0.3, -0.25) is 4.79 Å². The first-order valence-electron chi connectivity index (χ1n) is 7.37. The Morgan fingerprint density at radius 3 is 2.73 bits per heavy atom. The van der Waals surface area contributed by atoms with Crippen molar-refractivity contribution in [2.45, 2.75) is 17.0 Å². The lowest BCUT2D eigenvalue weighted by Crippen LogP contribution is -2.04. The van der Waals surface area contributed by atoms with Crippen molar-refractivity contribution >= 4 is 34.1 Å². The summed E-state index contributed by atoms with van der Waals surface area (Å²) >= 11 is 2.68. The minimum atomic E-state index is -0.186. The second-order valence-electron chi connectivity index (χ2n) is 4.91. The maximum absolute atomic E-state index is 11.0. The van der Waals surface area contributed by atoms with Crippen molar-refractivity contribution in [1.29, 1.82) is 0 Å². The van der Waals surface area contributed by atoms with Crippen LogP contribution in [-0.4, -0.2) is 40.5 Å². The molecule has 0 fully saturated rings. The predicted molar refractivity (Wildman–Crippen MR) is 96.6 cm³/mol. The van der Waals surface area contributed by atoms with E-state index in [2.05, 4.69) is 25.7 Å². The molecule has 3 aromatic rings. The fourth-order valence-electron chi connectivity index (χ4n) is 1.99. The van der Waals surface area contributed by atoms with Gasteiger partial charge in [0, 0.05) is 12.5 Å². The number of benzene rings is 1. The van der Waals surface area contributed by atoms with Crippen molar-refractivity contribution in [3.05, 3.63) is 24.1 Å². The number of aromatic nitrogens is 4. The summed E-state index contributed by atoms with van der Waals surface area (Å²) < 4.78 is 16.9. The molecule has 136 valence electrons. The van der Waals surface area contributed by atoms with E-state index in [-0.39, 0.29) is 5.91 Å². The number of amides is 1. The number of methoxy groups -OCH3 is 2. The third-order valence-corrected chi connectivity index (χ3v) is 5.06. The second kappa shape index (κ2) is 8.15. The largest absolute Gasteiger partial charge is 0.493 e. The summed E-state index contributed by atoms with van der Waals surface area (Å²) in [7, 11) is 3.14. The molecule has 0 atom stereocenters. The van der Waals surface area contributed by atoms with Crippen LogP contribution in [0.5, 0.6) is 11.5 Å². The molecule has 11 heteroatoms. The Bertz CT molecular complexity index is 911. The maximum Gasteiger partial charge on any atom is 0.247 e. The first-order valence-corrected chi connectivity index (χ1v) is 9.18. The number of hydrogen-bond acceptors (Lipinski definition) is 10. The highest BCUT2D eigenvalue weighted by atomic mass is 32.2. The van der Waals surface area contributed by atoms with Crippen molar-refractivity contribution in [3.8, 4) is 23.0 Å². The molecular formula is C15H15N5O4S2. The zero-order valence-corrected chi connectivity index (χ0v) is 15.8. The summed E-state index contributed by atoms with van der Waals surface area (Å²) in [5, 5.41) is 19.0. The van der Waals surface area contributed by atoms with Crippen LogP contribution in [0.4, 0.5) is 5.13 Å². The zero-order chi connectivity index (χ0) is 18.5. The van der Waals surface area contributed by atoms with E-state index in [0.717, 1.165) is 5.56 Å². The van der Waals surface area contributed by atoms with Crippen LogP contribution in [0.2, 0.25) is 0 Å². The summed E-state index contributed by atoms with van der Waals surface area (Å²) in [5.41, 5.74) is 0.732. The smallest absolute Gasteiger partial charge is 0.247 e. The van der Waals surface area contributed by atoms with Crippen LogP contribution < -0.4 is 14.8 Å². The van der Waals surface area contributed by atoms with Crippen LogP contribution in [-0.2, 0) is 10.5 Å². The van der Waals surface area contributed by atoms with Gasteiger partial charge < -0.3 is 19.2 Å². The number of hydrogen-bond donors (Lipinski definition) is 1. The Morgan fingerprint density at radius 1 is 1.19 bits per heavy atom. The molecule has 26 heavy (non-hydrogen) atoms. The van der Waals surface area contributed by atoms with E-state index in [0.29, 0.717) is 38.5 Å². The molecule has 0 aliphatic carbocycles. The van der Waals surface area contributed by atoms with Gasteiger partial charge >= 0.3 is 0 Å². The Hall–Kier alpha value is -2.66. The van der Waals surface area contributed by atoms with Gasteiger partial charge in [0.2, 0.25) is 22.8 Å². The second-order valence-corrected chi connectivity index (χ2v) is 7.11. The van der Waals surface area contributed by atoms with Crippen molar-refractivity contribution in [2.75, 3.05) is 19.5 Å². The van der Waals surface area contributed by atoms with Gasteiger partial charge in [-0.1, -0.05) is 23.1 Å². The Morgan fingerprint density at radius 2 is 2.00 bits per heavy atom. The van der Waals surface area contributed by atoms with Crippen molar-refractivity contribution in [2.24, 2.45) is 0 Å². The van der Waals surface area contributed by atoms with E-state index >= 15 is 0 Å². The molecule has 1 N–H and O–H groups in total. The van der Waals surface area contributed by atoms with E-state index in [1.807, 2.05) is 6.07 Å². The molecule has 0 aliphatic heterocycles. The summed E-state index contributed by atoms with van der Waals surface area (Å²) in [5.74, 6) is 2.30. The molecule has 0 bridgehead atoms. The van der Waals surface area contributed by atoms with E-state index in [1.165, 1.54) is 30.0 Å². The third kappa shape index (κ3) is 4.29. The number of anilines is 1. The molecule has 1 amide bonds. The molecule has 0 unspecified atom stereocenters. The summed E-state index contributed by atoms with van der Waals surface area (Å²) in [6.45, 7) is 1.42. The van der Waals surface area contributed by atoms with E-state index < -0.39 is 0 Å². The minimum Gasteiger partial charge on any atom is -0.493 e. The van der Waals surface area contributed by atoms with Gasteiger partial charge in [0.15, 0.2) is 15.8 Å². The Kier molecular flexibility index (Phi) is 5.68. The topological polar surface area (TPSA) is 112 Å². The van der Waals surface area contributed by atoms with Crippen LogP contribution >= 0.6 is 23.1 Å². The number of carbonyl (C=O) groups excluding carboxylic acids is 1. The number of ether oxygens (including phenoxy) is 2. The number of nitrogens with one attached hydrogen (secondary N) is 1. The Balaban J connectivity index is 1.66. The normalized spacial score (nSPS) is 10.6. The van der Waals surface area contributed by atoms with Gasteiger partial charge in [0.1, 0.15) is 0 Å². The molecule has 1 aromatic carbocycles. The highest BCUT2D eigenvalue weighted by Crippen LogP contribution is 2.33. The quantitative estimate of drug-likeness (QED) is 0.478. The van der Waals surface area contributed by atoms with Gasteiger partial charge in [0.05, 0.1) is 20.0 Å². The van der Waals surface area contributed by atoms with E-state index in [9.17, 15) is 4.79 Å². The van der Waals surface area contributed by atoms with Gasteiger partial charge in [-0.2, -0.15) is 0 Å². The molecular weight excluding hydrogens is 378 g/mol. The van der Waals surface area contributed by atoms with Gasteiger partial charge in [-0.25, -0.2) is 0 Å².